The van der Waals surface area contributed by atoms with Crippen molar-refractivity contribution in [3.05, 3.63) is 58.9 Å². The van der Waals surface area contributed by atoms with Gasteiger partial charge in [0.05, 0.1) is 23.9 Å². The average molecular weight is 304 g/mol. The first-order valence-electron chi connectivity index (χ1n) is 6.07. The standard InChI is InChI=1S/C15H11ClFN3O/c16-11-4-5-13(17)14(7-11)20-15(21)9-19-12-3-1-2-10(6-12)8-18/h1-7,19H,9H2,(H,20,21). The fourth-order valence-corrected chi connectivity index (χ4v) is 1.84. The van der Waals surface area contributed by atoms with Gasteiger partial charge in [0.2, 0.25) is 5.91 Å². The minimum absolute atomic E-state index is 0.0278. The van der Waals surface area contributed by atoms with Crippen molar-refractivity contribution in [1.29, 1.82) is 5.26 Å². The Balaban J connectivity index is 1.96. The largest absolute Gasteiger partial charge is 0.376 e. The van der Waals surface area contributed by atoms with Gasteiger partial charge in [0.15, 0.2) is 0 Å². The van der Waals surface area contributed by atoms with Gasteiger partial charge in [-0.3, -0.25) is 4.79 Å². The Morgan fingerprint density at radius 1 is 1.29 bits per heavy atom. The number of anilines is 2. The smallest absolute Gasteiger partial charge is 0.243 e. The molecule has 0 aliphatic carbocycles. The first-order chi connectivity index (χ1) is 10.1. The van der Waals surface area contributed by atoms with E-state index in [9.17, 15) is 9.18 Å². The molecule has 2 aromatic rings. The van der Waals surface area contributed by atoms with Crippen molar-refractivity contribution in [1.82, 2.24) is 0 Å². The van der Waals surface area contributed by atoms with E-state index in [0.29, 0.717) is 16.3 Å². The van der Waals surface area contributed by atoms with Crippen molar-refractivity contribution in [3.8, 4) is 6.07 Å². The maximum Gasteiger partial charge on any atom is 0.243 e. The van der Waals surface area contributed by atoms with Crippen molar-refractivity contribution in [2.45, 2.75) is 0 Å². The molecule has 6 heteroatoms. The normalized spacial score (nSPS) is 9.76. The molecule has 0 bridgehead atoms. The van der Waals surface area contributed by atoms with Crippen LogP contribution in [0, 0.1) is 17.1 Å². The van der Waals surface area contributed by atoms with Crippen LogP contribution in [0.3, 0.4) is 0 Å². The highest BCUT2D eigenvalue weighted by molar-refractivity contribution is 6.30. The molecule has 0 unspecified atom stereocenters. The lowest BCUT2D eigenvalue weighted by atomic mass is 10.2. The maximum absolute atomic E-state index is 13.5. The third-order valence-corrected chi connectivity index (χ3v) is 2.88. The van der Waals surface area contributed by atoms with Crippen molar-refractivity contribution in [3.63, 3.8) is 0 Å². The minimum Gasteiger partial charge on any atom is -0.376 e. The molecular weight excluding hydrogens is 293 g/mol. The van der Waals surface area contributed by atoms with E-state index >= 15 is 0 Å². The molecule has 1 amide bonds. The summed E-state index contributed by atoms with van der Waals surface area (Å²) in [5.41, 5.74) is 1.15. The number of nitrogens with zero attached hydrogens (tertiary/aromatic N) is 1. The number of nitrogens with one attached hydrogen (secondary N) is 2. The van der Waals surface area contributed by atoms with Crippen LogP contribution >= 0.6 is 11.6 Å². The molecule has 0 saturated heterocycles. The molecule has 106 valence electrons. The molecule has 0 spiro atoms. The zero-order valence-electron chi connectivity index (χ0n) is 10.9. The van der Waals surface area contributed by atoms with Crippen LogP contribution < -0.4 is 10.6 Å². The zero-order valence-corrected chi connectivity index (χ0v) is 11.6. The Labute approximate surface area is 126 Å². The van der Waals surface area contributed by atoms with Crippen LogP contribution in [0.2, 0.25) is 5.02 Å². The lowest BCUT2D eigenvalue weighted by molar-refractivity contribution is -0.114. The summed E-state index contributed by atoms with van der Waals surface area (Å²) in [4.78, 5) is 11.8. The Morgan fingerprint density at radius 3 is 2.86 bits per heavy atom. The highest BCUT2D eigenvalue weighted by Gasteiger charge is 2.07. The number of hydrogen-bond donors (Lipinski definition) is 2. The number of hydrogen-bond acceptors (Lipinski definition) is 3. The number of nitriles is 1. The summed E-state index contributed by atoms with van der Waals surface area (Å²) in [7, 11) is 0. The molecule has 0 saturated carbocycles. The van der Waals surface area contributed by atoms with E-state index in [1.165, 1.54) is 18.2 Å². The second-order valence-electron chi connectivity index (χ2n) is 4.22. The van der Waals surface area contributed by atoms with Crippen molar-refractivity contribution in [2.24, 2.45) is 0 Å². The van der Waals surface area contributed by atoms with Gasteiger partial charge >= 0.3 is 0 Å². The molecule has 4 nitrogen and oxygen atoms in total. The monoisotopic (exact) mass is 303 g/mol. The van der Waals surface area contributed by atoms with Gasteiger partial charge in [0, 0.05) is 10.7 Å². The predicted molar refractivity (Wildman–Crippen MR) is 79.7 cm³/mol. The summed E-state index contributed by atoms with van der Waals surface area (Å²) in [5, 5.41) is 14.4. The van der Waals surface area contributed by atoms with Gasteiger partial charge in [-0.15, -0.1) is 0 Å². The number of halogens is 2. The van der Waals surface area contributed by atoms with E-state index in [-0.39, 0.29) is 12.2 Å². The van der Waals surface area contributed by atoms with E-state index in [1.54, 1.807) is 24.3 Å². The summed E-state index contributed by atoms with van der Waals surface area (Å²) in [6.07, 6.45) is 0. The number of benzene rings is 2. The van der Waals surface area contributed by atoms with Crippen LogP contribution in [0.25, 0.3) is 0 Å². The maximum atomic E-state index is 13.5. The molecule has 0 radical (unpaired) electrons. The number of carbonyl (C=O) groups excluding carboxylic acids is 1. The van der Waals surface area contributed by atoms with Gasteiger partial charge < -0.3 is 10.6 Å². The lowest BCUT2D eigenvalue weighted by Gasteiger charge is -2.09. The van der Waals surface area contributed by atoms with Crippen molar-refractivity contribution < 1.29 is 9.18 Å². The molecule has 21 heavy (non-hydrogen) atoms. The van der Waals surface area contributed by atoms with Gasteiger partial charge in [-0.1, -0.05) is 17.7 Å². The Bertz CT molecular complexity index is 712. The number of rotatable bonds is 4. The van der Waals surface area contributed by atoms with Gasteiger partial charge in [-0.2, -0.15) is 5.26 Å². The molecule has 0 aliphatic heterocycles. The molecule has 0 aliphatic rings. The first-order valence-corrected chi connectivity index (χ1v) is 6.45. The average Bonchev–Trinajstić information content (AvgIpc) is 2.49. The zero-order chi connectivity index (χ0) is 15.2. The quantitative estimate of drug-likeness (QED) is 0.910. The molecule has 0 aromatic heterocycles. The summed E-state index contributed by atoms with van der Waals surface area (Å²) < 4.78 is 13.5. The van der Waals surface area contributed by atoms with Crippen LogP contribution in [0.1, 0.15) is 5.56 Å². The SMILES string of the molecule is N#Cc1cccc(NCC(=O)Nc2cc(Cl)ccc2F)c1. The first kappa shape index (κ1) is 14.8. The highest BCUT2D eigenvalue weighted by Crippen LogP contribution is 2.19. The number of amides is 1. The summed E-state index contributed by atoms with van der Waals surface area (Å²) in [6, 6.07) is 12.6. The van der Waals surface area contributed by atoms with Crippen LogP contribution in [0.4, 0.5) is 15.8 Å². The predicted octanol–water partition coefficient (Wildman–Crippen LogP) is 3.40. The van der Waals surface area contributed by atoms with E-state index in [1.807, 2.05) is 6.07 Å². The van der Waals surface area contributed by atoms with Gasteiger partial charge in [-0.05, 0) is 36.4 Å². The van der Waals surface area contributed by atoms with Gasteiger partial charge in [0.25, 0.3) is 0 Å². The Morgan fingerprint density at radius 2 is 2.10 bits per heavy atom. The second kappa shape index (κ2) is 6.73. The van der Waals surface area contributed by atoms with Crippen molar-refractivity contribution >= 4 is 28.9 Å². The van der Waals surface area contributed by atoms with Gasteiger partial charge in [-0.25, -0.2) is 4.39 Å². The molecule has 0 atom stereocenters. The third-order valence-electron chi connectivity index (χ3n) is 2.65. The van der Waals surface area contributed by atoms with Crippen LogP contribution in [-0.4, -0.2) is 12.5 Å². The van der Waals surface area contributed by atoms with E-state index in [2.05, 4.69) is 10.6 Å². The Kier molecular flexibility index (Phi) is 4.75. The molecule has 2 aromatic carbocycles. The summed E-state index contributed by atoms with van der Waals surface area (Å²) in [5.74, 6) is -0.974. The molecule has 2 rings (SSSR count). The fourth-order valence-electron chi connectivity index (χ4n) is 1.67. The minimum atomic E-state index is -0.556. The topological polar surface area (TPSA) is 64.9 Å². The van der Waals surface area contributed by atoms with Crippen molar-refractivity contribution in [2.75, 3.05) is 17.2 Å². The van der Waals surface area contributed by atoms with E-state index < -0.39 is 11.7 Å². The van der Waals surface area contributed by atoms with Gasteiger partial charge in [0.1, 0.15) is 5.82 Å². The molecule has 2 N–H and O–H groups in total. The van der Waals surface area contributed by atoms with E-state index in [4.69, 9.17) is 16.9 Å². The second-order valence-corrected chi connectivity index (χ2v) is 4.65. The Hall–Kier alpha value is -2.58. The number of carbonyl (C=O) groups is 1. The lowest BCUT2D eigenvalue weighted by Crippen LogP contribution is -2.22. The van der Waals surface area contributed by atoms with E-state index in [0.717, 1.165) is 0 Å². The fraction of sp³-hybridized carbons (Fsp3) is 0.0667. The van der Waals surface area contributed by atoms with Crippen LogP contribution in [0.15, 0.2) is 42.5 Å². The van der Waals surface area contributed by atoms with Crippen LogP contribution in [-0.2, 0) is 4.79 Å². The highest BCUT2D eigenvalue weighted by atomic mass is 35.5. The molecular formula is C15H11ClFN3O. The molecule has 0 fully saturated rings. The molecule has 0 heterocycles. The summed E-state index contributed by atoms with van der Waals surface area (Å²) in [6.45, 7) is -0.0547. The van der Waals surface area contributed by atoms with Crippen LogP contribution in [0.5, 0.6) is 0 Å². The third kappa shape index (κ3) is 4.20. The summed E-state index contributed by atoms with van der Waals surface area (Å²) >= 11 is 5.74.